The van der Waals surface area contributed by atoms with Crippen molar-refractivity contribution in [2.45, 2.75) is 57.4 Å². The zero-order valence-corrected chi connectivity index (χ0v) is 12.8. The molecule has 3 nitrogen and oxygen atoms in total. The number of hydrogen-bond donors (Lipinski definition) is 1. The predicted octanol–water partition coefficient (Wildman–Crippen LogP) is 2.63. The van der Waals surface area contributed by atoms with Crippen LogP contribution in [0.4, 0.5) is 0 Å². The Balaban J connectivity index is 1.74. The van der Waals surface area contributed by atoms with Gasteiger partial charge in [-0.15, -0.1) is 0 Å². The third-order valence-corrected chi connectivity index (χ3v) is 7.35. The van der Waals surface area contributed by atoms with Crippen molar-refractivity contribution >= 4 is 11.6 Å². The maximum Gasteiger partial charge on any atom is 0.223 e. The highest BCUT2D eigenvalue weighted by molar-refractivity contribution is 6.45. The van der Waals surface area contributed by atoms with Gasteiger partial charge < -0.3 is 5.73 Å². The maximum atomic E-state index is 12.6. The van der Waals surface area contributed by atoms with Crippen molar-refractivity contribution in [3.05, 3.63) is 12.2 Å². The zero-order chi connectivity index (χ0) is 14.8. The molecule has 0 heterocycles. The largest absolute Gasteiger partial charge is 0.318 e. The summed E-state index contributed by atoms with van der Waals surface area (Å²) in [7, 11) is 0. The van der Waals surface area contributed by atoms with E-state index in [1.54, 1.807) is 0 Å². The van der Waals surface area contributed by atoms with Crippen LogP contribution in [0.5, 0.6) is 0 Å². The van der Waals surface area contributed by atoms with Crippen LogP contribution in [0, 0.1) is 29.1 Å². The molecular formula is C18H25NO2. The van der Waals surface area contributed by atoms with Gasteiger partial charge in [-0.3, -0.25) is 9.59 Å². The third-order valence-electron chi connectivity index (χ3n) is 7.35. The number of nitrogens with two attached hydrogens (primary N) is 1. The second kappa shape index (κ2) is 4.28. The second-order valence-corrected chi connectivity index (χ2v) is 8.13. The van der Waals surface area contributed by atoms with Crippen molar-refractivity contribution in [1.29, 1.82) is 0 Å². The van der Waals surface area contributed by atoms with Gasteiger partial charge in [0, 0.05) is 5.92 Å². The van der Waals surface area contributed by atoms with Crippen molar-refractivity contribution in [3.63, 3.8) is 0 Å². The fourth-order valence-electron chi connectivity index (χ4n) is 6.25. The molecule has 0 saturated heterocycles. The first-order chi connectivity index (χ1) is 9.97. The fraction of sp³-hybridized carbons (Fsp3) is 0.778. The topological polar surface area (TPSA) is 60.2 Å². The molecule has 3 saturated carbocycles. The van der Waals surface area contributed by atoms with Crippen LogP contribution in [0.15, 0.2) is 12.2 Å². The van der Waals surface area contributed by atoms with E-state index in [1.807, 2.05) is 6.08 Å². The average Bonchev–Trinajstić information content (AvgIpc) is 2.86. The normalized spacial score (nSPS) is 52.3. The van der Waals surface area contributed by atoms with Crippen LogP contribution in [0.25, 0.3) is 0 Å². The SMILES string of the molecule is C[C@@]12CCC[C@H]1[C@@H]1CCC3C=CC(=O)C(=O)[C@]3(N)[C@H]1CC2. The molecule has 0 bridgehead atoms. The minimum Gasteiger partial charge on any atom is -0.318 e. The van der Waals surface area contributed by atoms with Crippen LogP contribution in [0.3, 0.4) is 0 Å². The first kappa shape index (κ1) is 13.7. The number of hydrogen-bond acceptors (Lipinski definition) is 3. The standard InChI is InChI=1S/C18H25NO2/c1-17-9-2-3-13(17)12-6-4-11-5-7-15(20)16(21)18(11,19)14(12)8-10-17/h5,7,11-14H,2-4,6,8-10,19H2,1H3/t11?,12-,13-,14-,17-,18+/m0/s1. The van der Waals surface area contributed by atoms with Crippen LogP contribution >= 0.6 is 0 Å². The summed E-state index contributed by atoms with van der Waals surface area (Å²) in [5.74, 6) is 0.867. The minimum atomic E-state index is -0.904. The molecule has 1 unspecified atom stereocenters. The number of carbonyl (C=O) groups is 2. The summed E-state index contributed by atoms with van der Waals surface area (Å²) >= 11 is 0. The lowest BCUT2D eigenvalue weighted by molar-refractivity contribution is -0.146. The molecule has 0 aromatic carbocycles. The Kier molecular flexibility index (Phi) is 2.79. The van der Waals surface area contributed by atoms with Gasteiger partial charge in [0.15, 0.2) is 0 Å². The lowest BCUT2D eigenvalue weighted by Crippen LogP contribution is -2.67. The molecule has 4 rings (SSSR count). The van der Waals surface area contributed by atoms with Crippen LogP contribution in [-0.2, 0) is 9.59 Å². The summed E-state index contributed by atoms with van der Waals surface area (Å²) in [5, 5.41) is 0. The van der Waals surface area contributed by atoms with Gasteiger partial charge in [0.05, 0.1) is 5.54 Å². The molecule has 21 heavy (non-hydrogen) atoms. The van der Waals surface area contributed by atoms with E-state index in [9.17, 15) is 9.59 Å². The van der Waals surface area contributed by atoms with E-state index in [2.05, 4.69) is 6.92 Å². The van der Waals surface area contributed by atoms with Crippen LogP contribution in [-0.4, -0.2) is 17.1 Å². The fourth-order valence-corrected chi connectivity index (χ4v) is 6.25. The molecule has 6 atom stereocenters. The zero-order valence-electron chi connectivity index (χ0n) is 12.8. The first-order valence-electron chi connectivity index (χ1n) is 8.53. The highest BCUT2D eigenvalue weighted by Crippen LogP contribution is 2.61. The van der Waals surface area contributed by atoms with Gasteiger partial charge in [0.1, 0.15) is 0 Å². The summed E-state index contributed by atoms with van der Waals surface area (Å²) < 4.78 is 0. The van der Waals surface area contributed by atoms with Gasteiger partial charge in [-0.1, -0.05) is 19.4 Å². The van der Waals surface area contributed by atoms with E-state index in [4.69, 9.17) is 5.73 Å². The molecule has 114 valence electrons. The summed E-state index contributed by atoms with van der Waals surface area (Å²) in [5.41, 5.74) is 6.21. The Labute approximate surface area is 126 Å². The number of allylic oxidation sites excluding steroid dienone is 1. The smallest absolute Gasteiger partial charge is 0.223 e. The monoisotopic (exact) mass is 287 g/mol. The van der Waals surface area contributed by atoms with Crippen molar-refractivity contribution in [2.75, 3.05) is 0 Å². The molecular weight excluding hydrogens is 262 g/mol. The molecule has 4 aliphatic rings. The van der Waals surface area contributed by atoms with Gasteiger partial charge in [-0.2, -0.15) is 0 Å². The molecule has 3 fully saturated rings. The highest BCUT2D eigenvalue weighted by atomic mass is 16.2. The maximum absolute atomic E-state index is 12.6. The molecule has 2 N–H and O–H groups in total. The molecule has 0 radical (unpaired) electrons. The number of rotatable bonds is 0. The summed E-state index contributed by atoms with van der Waals surface area (Å²) in [6, 6.07) is 0. The van der Waals surface area contributed by atoms with Crippen LogP contribution in [0.1, 0.15) is 51.9 Å². The van der Waals surface area contributed by atoms with Gasteiger partial charge in [0.2, 0.25) is 11.6 Å². The third kappa shape index (κ3) is 1.64. The minimum absolute atomic E-state index is 0.0784. The molecule has 0 amide bonds. The predicted molar refractivity (Wildman–Crippen MR) is 80.5 cm³/mol. The van der Waals surface area contributed by atoms with E-state index < -0.39 is 5.54 Å². The quantitative estimate of drug-likeness (QED) is 0.697. The highest BCUT2D eigenvalue weighted by Gasteiger charge is 2.61. The number of Topliss-reactive ketones (excluding diaryl/α,β-unsaturated/α-hetero) is 1. The Hall–Kier alpha value is -0.960. The van der Waals surface area contributed by atoms with Crippen molar-refractivity contribution in [1.82, 2.24) is 0 Å². The Bertz CT molecular complexity index is 539. The van der Waals surface area contributed by atoms with Crippen LogP contribution < -0.4 is 5.73 Å². The van der Waals surface area contributed by atoms with Crippen molar-refractivity contribution < 1.29 is 9.59 Å². The summed E-state index contributed by atoms with van der Waals surface area (Å²) in [4.78, 5) is 24.5. The number of fused-ring (bicyclic) bond motifs is 5. The van der Waals surface area contributed by atoms with Crippen LogP contribution in [0.2, 0.25) is 0 Å². The van der Waals surface area contributed by atoms with Crippen molar-refractivity contribution in [3.8, 4) is 0 Å². The summed E-state index contributed by atoms with van der Waals surface area (Å²) in [6.45, 7) is 2.43. The van der Waals surface area contributed by atoms with E-state index in [0.29, 0.717) is 17.3 Å². The van der Waals surface area contributed by atoms with Gasteiger partial charge in [-0.05, 0) is 67.8 Å². The van der Waals surface area contributed by atoms with Gasteiger partial charge >= 0.3 is 0 Å². The molecule has 3 heteroatoms. The summed E-state index contributed by atoms with van der Waals surface area (Å²) in [6.07, 6.45) is 11.7. The Morgan fingerprint density at radius 1 is 1.10 bits per heavy atom. The number of ketones is 2. The average molecular weight is 287 g/mol. The van der Waals surface area contributed by atoms with Gasteiger partial charge in [0.25, 0.3) is 0 Å². The first-order valence-corrected chi connectivity index (χ1v) is 8.53. The molecule has 0 spiro atoms. The molecule has 0 aromatic heterocycles. The lowest BCUT2D eigenvalue weighted by Gasteiger charge is -2.57. The Morgan fingerprint density at radius 2 is 1.90 bits per heavy atom. The Morgan fingerprint density at radius 3 is 2.71 bits per heavy atom. The second-order valence-electron chi connectivity index (χ2n) is 8.13. The van der Waals surface area contributed by atoms with E-state index in [1.165, 1.54) is 38.2 Å². The molecule has 0 aliphatic heterocycles. The van der Waals surface area contributed by atoms with E-state index in [0.717, 1.165) is 12.8 Å². The lowest BCUT2D eigenvalue weighted by atomic mass is 9.48. The number of carbonyl (C=O) groups excluding carboxylic acids is 2. The van der Waals surface area contributed by atoms with E-state index in [-0.39, 0.29) is 23.4 Å². The van der Waals surface area contributed by atoms with Gasteiger partial charge in [-0.25, -0.2) is 0 Å². The molecule has 4 aliphatic carbocycles. The van der Waals surface area contributed by atoms with E-state index >= 15 is 0 Å². The van der Waals surface area contributed by atoms with Crippen molar-refractivity contribution in [2.24, 2.45) is 34.8 Å². The molecule has 0 aromatic rings.